The van der Waals surface area contributed by atoms with Crippen LogP contribution in [0.2, 0.25) is 0 Å². The standard InChI is InChI=1S/C11H21NO4S/c1-3-10(11(13)16-4-2)12-6-5-8-17(14,15)9-7-12/h10H,3-9H2,1-2H3. The molecule has 1 atom stereocenters. The van der Waals surface area contributed by atoms with E-state index in [1.54, 1.807) is 6.92 Å². The molecule has 1 aliphatic heterocycles. The maximum atomic E-state index is 11.7. The zero-order valence-corrected chi connectivity index (χ0v) is 11.3. The van der Waals surface area contributed by atoms with Gasteiger partial charge in [-0.05, 0) is 26.3 Å². The van der Waals surface area contributed by atoms with Crippen molar-refractivity contribution >= 4 is 15.8 Å². The first-order chi connectivity index (χ1) is 8.00. The third-order valence-corrected chi connectivity index (χ3v) is 4.69. The molecule has 0 spiro atoms. The summed E-state index contributed by atoms with van der Waals surface area (Å²) < 4.78 is 28.0. The summed E-state index contributed by atoms with van der Waals surface area (Å²) in [5, 5.41) is 0. The molecule has 1 rings (SSSR count). The molecule has 6 heteroatoms. The number of carbonyl (C=O) groups is 1. The van der Waals surface area contributed by atoms with Gasteiger partial charge in [-0.3, -0.25) is 9.69 Å². The van der Waals surface area contributed by atoms with Crippen LogP contribution < -0.4 is 0 Å². The fourth-order valence-electron chi connectivity index (χ4n) is 2.08. The lowest BCUT2D eigenvalue weighted by Crippen LogP contribution is -2.43. The van der Waals surface area contributed by atoms with E-state index in [2.05, 4.69) is 0 Å². The molecule has 0 saturated carbocycles. The zero-order valence-electron chi connectivity index (χ0n) is 10.5. The van der Waals surface area contributed by atoms with E-state index < -0.39 is 9.84 Å². The molecule has 0 bridgehead atoms. The Labute approximate surface area is 103 Å². The molecular formula is C11H21NO4S. The fourth-order valence-corrected chi connectivity index (χ4v) is 3.37. The number of sulfone groups is 1. The van der Waals surface area contributed by atoms with E-state index >= 15 is 0 Å². The normalized spacial score (nSPS) is 22.7. The van der Waals surface area contributed by atoms with Crippen molar-refractivity contribution in [1.29, 1.82) is 0 Å². The Morgan fingerprint density at radius 1 is 1.29 bits per heavy atom. The summed E-state index contributed by atoms with van der Waals surface area (Å²) in [5.41, 5.74) is 0. The zero-order chi connectivity index (χ0) is 12.9. The van der Waals surface area contributed by atoms with Crippen LogP contribution in [0, 0.1) is 0 Å². The average Bonchev–Trinajstić information content (AvgIpc) is 2.42. The topological polar surface area (TPSA) is 63.7 Å². The van der Waals surface area contributed by atoms with Gasteiger partial charge < -0.3 is 4.74 Å². The first kappa shape index (κ1) is 14.4. The lowest BCUT2D eigenvalue weighted by atomic mass is 10.2. The van der Waals surface area contributed by atoms with Crippen LogP contribution in [0.25, 0.3) is 0 Å². The highest BCUT2D eigenvalue weighted by Crippen LogP contribution is 2.12. The minimum absolute atomic E-state index is 0.142. The van der Waals surface area contributed by atoms with Gasteiger partial charge in [0.2, 0.25) is 0 Å². The van der Waals surface area contributed by atoms with Crippen molar-refractivity contribution in [3.8, 4) is 0 Å². The summed E-state index contributed by atoms with van der Waals surface area (Å²) in [5.74, 6) is 0.125. The Balaban J connectivity index is 2.66. The minimum atomic E-state index is -2.93. The molecule has 1 aliphatic rings. The highest BCUT2D eigenvalue weighted by atomic mass is 32.2. The molecule has 0 aromatic heterocycles. The molecule has 0 amide bonds. The summed E-state index contributed by atoms with van der Waals surface area (Å²) in [7, 11) is -2.93. The number of hydrogen-bond donors (Lipinski definition) is 0. The van der Waals surface area contributed by atoms with E-state index in [-0.39, 0.29) is 23.5 Å². The van der Waals surface area contributed by atoms with Gasteiger partial charge in [-0.25, -0.2) is 8.42 Å². The van der Waals surface area contributed by atoms with Crippen molar-refractivity contribution in [3.63, 3.8) is 0 Å². The second-order valence-corrected chi connectivity index (χ2v) is 6.52. The Hall–Kier alpha value is -0.620. The maximum Gasteiger partial charge on any atom is 0.323 e. The monoisotopic (exact) mass is 263 g/mol. The molecular weight excluding hydrogens is 242 g/mol. The van der Waals surface area contributed by atoms with Crippen LogP contribution in [0.4, 0.5) is 0 Å². The molecule has 0 aromatic carbocycles. The molecule has 0 radical (unpaired) electrons. The summed E-state index contributed by atoms with van der Waals surface area (Å²) in [6.45, 7) is 5.14. The van der Waals surface area contributed by atoms with Crippen LogP contribution in [-0.2, 0) is 19.4 Å². The number of esters is 1. The predicted octanol–water partition coefficient (Wildman–Crippen LogP) is 0.449. The lowest BCUT2D eigenvalue weighted by Gasteiger charge is -2.27. The van der Waals surface area contributed by atoms with Crippen LogP contribution in [0.15, 0.2) is 0 Å². The Bertz CT molecular complexity index is 352. The van der Waals surface area contributed by atoms with Gasteiger partial charge in [0.25, 0.3) is 0 Å². The Morgan fingerprint density at radius 2 is 2.00 bits per heavy atom. The number of ether oxygens (including phenoxy) is 1. The molecule has 0 aromatic rings. The van der Waals surface area contributed by atoms with E-state index in [1.807, 2.05) is 11.8 Å². The molecule has 100 valence electrons. The van der Waals surface area contributed by atoms with Gasteiger partial charge in [0.1, 0.15) is 6.04 Å². The van der Waals surface area contributed by atoms with E-state index in [0.717, 1.165) is 0 Å². The van der Waals surface area contributed by atoms with Gasteiger partial charge in [0, 0.05) is 6.54 Å². The fraction of sp³-hybridized carbons (Fsp3) is 0.909. The highest BCUT2D eigenvalue weighted by molar-refractivity contribution is 7.91. The van der Waals surface area contributed by atoms with Gasteiger partial charge in [-0.1, -0.05) is 6.92 Å². The first-order valence-electron chi connectivity index (χ1n) is 6.11. The first-order valence-corrected chi connectivity index (χ1v) is 7.93. The predicted molar refractivity (Wildman–Crippen MR) is 65.6 cm³/mol. The van der Waals surface area contributed by atoms with Crippen molar-refractivity contribution in [2.24, 2.45) is 0 Å². The summed E-state index contributed by atoms with van der Waals surface area (Å²) in [6.07, 6.45) is 1.25. The molecule has 1 heterocycles. The van der Waals surface area contributed by atoms with Crippen LogP contribution in [0.1, 0.15) is 26.7 Å². The van der Waals surface area contributed by atoms with Crippen LogP contribution in [0.3, 0.4) is 0 Å². The molecule has 1 fully saturated rings. The van der Waals surface area contributed by atoms with Crippen molar-refractivity contribution in [2.45, 2.75) is 32.7 Å². The molecule has 1 saturated heterocycles. The van der Waals surface area contributed by atoms with E-state index in [0.29, 0.717) is 32.5 Å². The third-order valence-electron chi connectivity index (χ3n) is 2.98. The second kappa shape index (κ2) is 6.35. The van der Waals surface area contributed by atoms with Crippen LogP contribution in [0.5, 0.6) is 0 Å². The number of rotatable bonds is 4. The third kappa shape index (κ3) is 4.27. The van der Waals surface area contributed by atoms with Crippen molar-refractivity contribution in [3.05, 3.63) is 0 Å². The Morgan fingerprint density at radius 3 is 2.59 bits per heavy atom. The van der Waals surface area contributed by atoms with Gasteiger partial charge in [0.05, 0.1) is 18.1 Å². The lowest BCUT2D eigenvalue weighted by molar-refractivity contribution is -0.149. The smallest absolute Gasteiger partial charge is 0.323 e. The maximum absolute atomic E-state index is 11.7. The molecule has 5 nitrogen and oxygen atoms in total. The number of carbonyl (C=O) groups excluding carboxylic acids is 1. The van der Waals surface area contributed by atoms with Gasteiger partial charge >= 0.3 is 5.97 Å². The molecule has 17 heavy (non-hydrogen) atoms. The van der Waals surface area contributed by atoms with E-state index in [9.17, 15) is 13.2 Å². The average molecular weight is 263 g/mol. The van der Waals surface area contributed by atoms with Crippen LogP contribution in [-0.4, -0.2) is 56.5 Å². The quantitative estimate of drug-likeness (QED) is 0.689. The summed E-state index contributed by atoms with van der Waals surface area (Å²) in [4.78, 5) is 13.7. The summed E-state index contributed by atoms with van der Waals surface area (Å²) in [6, 6.07) is -0.303. The SMILES string of the molecule is CCOC(=O)C(CC)N1CCCS(=O)(=O)CC1. The van der Waals surface area contributed by atoms with Crippen molar-refractivity contribution in [2.75, 3.05) is 31.2 Å². The molecule has 0 aliphatic carbocycles. The number of nitrogens with zero attached hydrogens (tertiary/aromatic N) is 1. The van der Waals surface area contributed by atoms with E-state index in [4.69, 9.17) is 4.74 Å². The molecule has 1 unspecified atom stereocenters. The largest absolute Gasteiger partial charge is 0.465 e. The van der Waals surface area contributed by atoms with Gasteiger partial charge in [-0.2, -0.15) is 0 Å². The second-order valence-electron chi connectivity index (χ2n) is 4.22. The van der Waals surface area contributed by atoms with Crippen LogP contribution >= 0.6 is 0 Å². The summed E-state index contributed by atoms with van der Waals surface area (Å²) >= 11 is 0. The van der Waals surface area contributed by atoms with Crippen molar-refractivity contribution < 1.29 is 17.9 Å². The Kier molecular flexibility index (Phi) is 5.39. The highest BCUT2D eigenvalue weighted by Gasteiger charge is 2.28. The minimum Gasteiger partial charge on any atom is -0.465 e. The van der Waals surface area contributed by atoms with E-state index in [1.165, 1.54) is 0 Å². The van der Waals surface area contributed by atoms with Crippen molar-refractivity contribution in [1.82, 2.24) is 4.90 Å². The number of hydrogen-bond acceptors (Lipinski definition) is 5. The van der Waals surface area contributed by atoms with Gasteiger partial charge in [0.15, 0.2) is 9.84 Å². The molecule has 0 N–H and O–H groups in total. The van der Waals surface area contributed by atoms with Gasteiger partial charge in [-0.15, -0.1) is 0 Å².